The number of rotatable bonds is 4. The quantitative estimate of drug-likeness (QED) is 0.896. The Labute approximate surface area is 104 Å². The third-order valence-corrected chi connectivity index (χ3v) is 2.69. The first-order chi connectivity index (χ1) is 8.20. The summed E-state index contributed by atoms with van der Waals surface area (Å²) < 4.78 is 7.36. The van der Waals surface area contributed by atoms with Crippen LogP contribution in [0.2, 0.25) is 5.02 Å². The van der Waals surface area contributed by atoms with E-state index in [4.69, 9.17) is 22.1 Å². The van der Waals surface area contributed by atoms with Gasteiger partial charge in [0.05, 0.1) is 5.02 Å². The molecule has 90 valence electrons. The summed E-state index contributed by atoms with van der Waals surface area (Å²) in [4.78, 5) is 0. The van der Waals surface area contributed by atoms with E-state index in [1.54, 1.807) is 23.0 Å². The van der Waals surface area contributed by atoms with Gasteiger partial charge in [0.25, 0.3) is 0 Å². The minimum atomic E-state index is 0.332. The van der Waals surface area contributed by atoms with E-state index in [0.717, 1.165) is 11.4 Å². The molecular weight excluding hydrogens is 240 g/mol. The van der Waals surface area contributed by atoms with E-state index in [2.05, 4.69) is 10.2 Å². The van der Waals surface area contributed by atoms with Crippen molar-refractivity contribution in [2.45, 2.75) is 13.2 Å². The number of hydrogen-bond acceptors (Lipinski definition) is 4. The molecule has 6 heteroatoms. The van der Waals surface area contributed by atoms with Crippen LogP contribution in [0.15, 0.2) is 24.5 Å². The zero-order chi connectivity index (χ0) is 12.3. The summed E-state index contributed by atoms with van der Waals surface area (Å²) in [6, 6.07) is 5.49. The monoisotopic (exact) mass is 252 g/mol. The molecule has 0 fully saturated rings. The van der Waals surface area contributed by atoms with Crippen molar-refractivity contribution in [3.05, 3.63) is 40.9 Å². The van der Waals surface area contributed by atoms with E-state index in [1.807, 2.05) is 13.1 Å². The highest BCUT2D eigenvalue weighted by molar-refractivity contribution is 6.32. The summed E-state index contributed by atoms with van der Waals surface area (Å²) in [7, 11) is 1.86. The average Bonchev–Trinajstić information content (AvgIpc) is 2.73. The Morgan fingerprint density at radius 2 is 2.29 bits per heavy atom. The van der Waals surface area contributed by atoms with E-state index in [9.17, 15) is 0 Å². The lowest BCUT2D eigenvalue weighted by Gasteiger charge is -2.08. The molecule has 1 aromatic heterocycles. The molecule has 0 aliphatic rings. The maximum absolute atomic E-state index is 6.06. The number of aromatic nitrogens is 3. The van der Waals surface area contributed by atoms with Crippen molar-refractivity contribution >= 4 is 11.6 Å². The van der Waals surface area contributed by atoms with Crippen LogP contribution in [0.4, 0.5) is 0 Å². The Morgan fingerprint density at radius 3 is 2.88 bits per heavy atom. The smallest absolute Gasteiger partial charge is 0.170 e. The van der Waals surface area contributed by atoms with Gasteiger partial charge in [0.2, 0.25) is 0 Å². The Balaban J connectivity index is 2.07. The van der Waals surface area contributed by atoms with Gasteiger partial charge >= 0.3 is 0 Å². The van der Waals surface area contributed by atoms with Gasteiger partial charge in [-0.2, -0.15) is 0 Å². The lowest BCUT2D eigenvalue weighted by Crippen LogP contribution is -2.03. The lowest BCUT2D eigenvalue weighted by atomic mass is 10.2. The maximum atomic E-state index is 6.06. The van der Waals surface area contributed by atoms with Crippen LogP contribution in [-0.4, -0.2) is 14.8 Å². The molecule has 2 N–H and O–H groups in total. The van der Waals surface area contributed by atoms with Gasteiger partial charge in [-0.25, -0.2) is 0 Å². The number of aryl methyl sites for hydroxylation is 1. The van der Waals surface area contributed by atoms with Crippen LogP contribution in [0, 0.1) is 0 Å². The summed E-state index contributed by atoms with van der Waals surface area (Å²) in [6.45, 7) is 0.793. The predicted octanol–water partition coefficient (Wildman–Crippen LogP) is 1.51. The van der Waals surface area contributed by atoms with Gasteiger partial charge in [-0.15, -0.1) is 10.2 Å². The number of ether oxygens (including phenoxy) is 1. The first kappa shape index (κ1) is 11.9. The molecule has 0 amide bonds. The molecule has 0 bridgehead atoms. The van der Waals surface area contributed by atoms with Crippen LogP contribution >= 0.6 is 11.6 Å². The molecular formula is C11H13ClN4O. The number of nitrogens with zero attached hydrogens (tertiary/aromatic N) is 3. The summed E-state index contributed by atoms with van der Waals surface area (Å²) in [5, 5.41) is 8.24. The number of halogens is 1. The molecule has 2 rings (SSSR count). The SMILES string of the molecule is Cn1cnnc1COc1ccc(CN)cc1Cl. The van der Waals surface area contributed by atoms with Crippen molar-refractivity contribution in [2.75, 3.05) is 0 Å². The standard InChI is InChI=1S/C11H13ClN4O/c1-16-7-14-15-11(16)6-17-10-3-2-8(5-13)4-9(10)12/h2-4,7H,5-6,13H2,1H3. The van der Waals surface area contributed by atoms with Gasteiger partial charge in [0.15, 0.2) is 5.82 Å². The first-order valence-electron chi connectivity index (χ1n) is 5.15. The third kappa shape index (κ3) is 2.75. The molecule has 2 aromatic rings. The summed E-state index contributed by atoms with van der Waals surface area (Å²) >= 11 is 6.06. The van der Waals surface area contributed by atoms with E-state index >= 15 is 0 Å². The largest absolute Gasteiger partial charge is 0.484 e. The summed E-state index contributed by atoms with van der Waals surface area (Å²) in [5.74, 6) is 1.36. The molecule has 17 heavy (non-hydrogen) atoms. The second kappa shape index (κ2) is 5.16. The number of benzene rings is 1. The predicted molar refractivity (Wildman–Crippen MR) is 64.7 cm³/mol. The molecule has 0 aliphatic carbocycles. The van der Waals surface area contributed by atoms with Crippen molar-refractivity contribution < 1.29 is 4.74 Å². The maximum Gasteiger partial charge on any atom is 0.170 e. The highest BCUT2D eigenvalue weighted by atomic mass is 35.5. The first-order valence-corrected chi connectivity index (χ1v) is 5.52. The van der Waals surface area contributed by atoms with Gasteiger partial charge < -0.3 is 15.0 Å². The van der Waals surface area contributed by atoms with Gasteiger partial charge in [-0.05, 0) is 17.7 Å². The van der Waals surface area contributed by atoms with E-state index in [1.165, 1.54) is 0 Å². The molecule has 1 aromatic carbocycles. The zero-order valence-electron chi connectivity index (χ0n) is 9.43. The van der Waals surface area contributed by atoms with Crippen LogP contribution in [-0.2, 0) is 20.2 Å². The topological polar surface area (TPSA) is 66.0 Å². The molecule has 0 spiro atoms. The Hall–Kier alpha value is -1.59. The fourth-order valence-corrected chi connectivity index (χ4v) is 1.63. The minimum Gasteiger partial charge on any atom is -0.484 e. The van der Waals surface area contributed by atoms with Crippen molar-refractivity contribution in [3.8, 4) is 5.75 Å². The number of nitrogens with two attached hydrogens (primary N) is 1. The van der Waals surface area contributed by atoms with Crippen LogP contribution in [0.1, 0.15) is 11.4 Å². The van der Waals surface area contributed by atoms with Crippen LogP contribution < -0.4 is 10.5 Å². The Kier molecular flexibility index (Phi) is 3.61. The van der Waals surface area contributed by atoms with E-state index in [0.29, 0.717) is 23.9 Å². The zero-order valence-corrected chi connectivity index (χ0v) is 10.2. The second-order valence-electron chi connectivity index (χ2n) is 3.62. The normalized spacial score (nSPS) is 10.5. The van der Waals surface area contributed by atoms with Crippen molar-refractivity contribution in [3.63, 3.8) is 0 Å². The fourth-order valence-electron chi connectivity index (χ4n) is 1.37. The second-order valence-corrected chi connectivity index (χ2v) is 4.02. The van der Waals surface area contributed by atoms with Gasteiger partial charge in [0.1, 0.15) is 18.7 Å². The van der Waals surface area contributed by atoms with E-state index < -0.39 is 0 Å². The van der Waals surface area contributed by atoms with Crippen LogP contribution in [0.3, 0.4) is 0 Å². The van der Waals surface area contributed by atoms with Crippen molar-refractivity contribution in [1.82, 2.24) is 14.8 Å². The van der Waals surface area contributed by atoms with Gasteiger partial charge in [0, 0.05) is 13.6 Å². The summed E-state index contributed by atoms with van der Waals surface area (Å²) in [6.07, 6.45) is 1.62. The minimum absolute atomic E-state index is 0.332. The molecule has 5 nitrogen and oxygen atoms in total. The molecule has 0 unspecified atom stereocenters. The van der Waals surface area contributed by atoms with Gasteiger partial charge in [-0.3, -0.25) is 0 Å². The highest BCUT2D eigenvalue weighted by Crippen LogP contribution is 2.25. The molecule has 0 saturated heterocycles. The molecule has 0 atom stereocenters. The molecule has 1 heterocycles. The third-order valence-electron chi connectivity index (χ3n) is 2.39. The van der Waals surface area contributed by atoms with Crippen LogP contribution in [0.5, 0.6) is 5.75 Å². The molecule has 0 aliphatic heterocycles. The van der Waals surface area contributed by atoms with E-state index in [-0.39, 0.29) is 0 Å². The Morgan fingerprint density at radius 1 is 1.47 bits per heavy atom. The lowest BCUT2D eigenvalue weighted by molar-refractivity contribution is 0.291. The molecule has 0 saturated carbocycles. The summed E-state index contributed by atoms with van der Waals surface area (Å²) in [5.41, 5.74) is 6.49. The van der Waals surface area contributed by atoms with Crippen molar-refractivity contribution in [1.29, 1.82) is 0 Å². The Bertz CT molecular complexity index is 512. The highest BCUT2D eigenvalue weighted by Gasteiger charge is 2.05. The van der Waals surface area contributed by atoms with Crippen molar-refractivity contribution in [2.24, 2.45) is 12.8 Å². The number of hydrogen-bond donors (Lipinski definition) is 1. The average molecular weight is 253 g/mol. The fraction of sp³-hybridized carbons (Fsp3) is 0.273. The van der Waals surface area contributed by atoms with Gasteiger partial charge in [-0.1, -0.05) is 17.7 Å². The molecule has 0 radical (unpaired) electrons. The van der Waals surface area contributed by atoms with Crippen LogP contribution in [0.25, 0.3) is 0 Å².